The van der Waals surface area contributed by atoms with Gasteiger partial charge in [-0.2, -0.15) is 13.2 Å². The Labute approximate surface area is 235 Å². The highest BCUT2D eigenvalue weighted by molar-refractivity contribution is 7.95. The highest BCUT2D eigenvalue weighted by Gasteiger charge is 2.39. The van der Waals surface area contributed by atoms with E-state index < -0.39 is 12.1 Å². The Bertz CT molecular complexity index is 1230. The van der Waals surface area contributed by atoms with Gasteiger partial charge in [0.1, 0.15) is 6.04 Å². The van der Waals surface area contributed by atoms with Gasteiger partial charge >= 0.3 is 12.1 Å². The van der Waals surface area contributed by atoms with Gasteiger partial charge in [0.15, 0.2) is 0 Å². The number of aliphatic carboxylic acids is 1. The zero-order valence-electron chi connectivity index (χ0n) is 21.9. The molecule has 40 heavy (non-hydrogen) atoms. The van der Waals surface area contributed by atoms with Crippen LogP contribution in [0.1, 0.15) is 31.4 Å². The molecule has 2 heterocycles. The Morgan fingerprint density at radius 3 is 2.45 bits per heavy atom. The summed E-state index contributed by atoms with van der Waals surface area (Å²) in [5.74, 6) is -0.811. The quantitative estimate of drug-likeness (QED) is 0.293. The van der Waals surface area contributed by atoms with Crippen LogP contribution >= 0.6 is 12.1 Å². The number of fused-ring (bicyclic) bond motifs is 1. The lowest BCUT2D eigenvalue weighted by Crippen LogP contribution is -2.51. The lowest BCUT2D eigenvalue weighted by atomic mass is 9.96. The van der Waals surface area contributed by atoms with Gasteiger partial charge in [0.25, 0.3) is 0 Å². The lowest BCUT2D eigenvalue weighted by molar-refractivity contribution is -0.192. The minimum atomic E-state index is -5.08. The summed E-state index contributed by atoms with van der Waals surface area (Å²) >= 11 is 1.52. The summed E-state index contributed by atoms with van der Waals surface area (Å²) in [6, 6.07) is 15.5. The molecule has 2 aromatic rings. The Balaban J connectivity index is 0.000000559. The molecule has 0 spiro atoms. The first-order valence-corrected chi connectivity index (χ1v) is 13.5. The number of carbonyl (C=O) groups excluding carboxylic acids is 2. The van der Waals surface area contributed by atoms with Gasteiger partial charge in [-0.1, -0.05) is 48.4 Å². The third-order valence-electron chi connectivity index (χ3n) is 6.79. The molecule has 4 N–H and O–H groups in total. The molecule has 4 rings (SSSR count). The number of hydrogen-bond acceptors (Lipinski definition) is 7. The van der Waals surface area contributed by atoms with E-state index in [1.165, 1.54) is 28.5 Å². The molecule has 0 aliphatic carbocycles. The van der Waals surface area contributed by atoms with E-state index in [1.807, 2.05) is 0 Å². The second-order valence-electron chi connectivity index (χ2n) is 9.33. The Morgan fingerprint density at radius 1 is 1.15 bits per heavy atom. The summed E-state index contributed by atoms with van der Waals surface area (Å²) in [5, 5.41) is 15.0. The van der Waals surface area contributed by atoms with Crippen molar-refractivity contribution in [2.24, 2.45) is 0 Å². The van der Waals surface area contributed by atoms with Crippen LogP contribution in [0.3, 0.4) is 0 Å². The maximum absolute atomic E-state index is 12.7. The van der Waals surface area contributed by atoms with E-state index in [-0.39, 0.29) is 30.9 Å². The molecule has 2 aliphatic rings. The van der Waals surface area contributed by atoms with Gasteiger partial charge in [-0.25, -0.2) is 13.8 Å². The van der Waals surface area contributed by atoms with Crippen LogP contribution in [0.5, 0.6) is 0 Å². The predicted octanol–water partition coefficient (Wildman–Crippen LogP) is 2.70. The first-order chi connectivity index (χ1) is 19.0. The van der Waals surface area contributed by atoms with Crippen molar-refractivity contribution in [2.75, 3.05) is 32.7 Å². The number of rotatable bonds is 7. The fourth-order valence-electron chi connectivity index (χ4n) is 4.72. The summed E-state index contributed by atoms with van der Waals surface area (Å²) in [6.45, 7) is 4.92. The molecule has 13 heteroatoms. The lowest BCUT2D eigenvalue weighted by Gasteiger charge is -2.40. The molecule has 2 unspecified atom stereocenters. The van der Waals surface area contributed by atoms with Crippen molar-refractivity contribution in [3.8, 4) is 12.3 Å². The maximum Gasteiger partial charge on any atom is 0.490 e. The van der Waals surface area contributed by atoms with Gasteiger partial charge in [0.2, 0.25) is 11.8 Å². The van der Waals surface area contributed by atoms with E-state index in [0.29, 0.717) is 18.6 Å². The summed E-state index contributed by atoms with van der Waals surface area (Å²) in [7, 11) is 0. The van der Waals surface area contributed by atoms with E-state index in [9.17, 15) is 22.8 Å². The Hall–Kier alpha value is -3.31. The fourth-order valence-corrected chi connectivity index (χ4v) is 5.76. The van der Waals surface area contributed by atoms with Crippen molar-refractivity contribution < 1.29 is 32.7 Å². The molecular formula is C27H32F3N5O4S. The minimum absolute atomic E-state index is 0.0590. The van der Waals surface area contributed by atoms with Crippen LogP contribution in [-0.2, 0) is 14.4 Å². The monoisotopic (exact) mass is 579 g/mol. The molecule has 2 aliphatic heterocycles. The second kappa shape index (κ2) is 14.4. The van der Waals surface area contributed by atoms with Crippen molar-refractivity contribution in [3.63, 3.8) is 0 Å². The number of carboxylic acids is 1. The van der Waals surface area contributed by atoms with E-state index >= 15 is 0 Å². The van der Waals surface area contributed by atoms with E-state index in [4.69, 9.17) is 16.3 Å². The molecule has 0 bridgehead atoms. The van der Waals surface area contributed by atoms with Crippen LogP contribution < -0.4 is 15.4 Å². The molecular weight excluding hydrogens is 547 g/mol. The van der Waals surface area contributed by atoms with Gasteiger partial charge in [-0.05, 0) is 36.1 Å². The molecule has 2 fully saturated rings. The van der Waals surface area contributed by atoms with Crippen LogP contribution in [0, 0.1) is 12.3 Å². The van der Waals surface area contributed by atoms with Gasteiger partial charge in [0, 0.05) is 43.9 Å². The third-order valence-corrected chi connectivity index (χ3v) is 7.85. The van der Waals surface area contributed by atoms with Crippen molar-refractivity contribution in [2.45, 2.75) is 44.1 Å². The fraction of sp³-hybridized carbons (Fsp3) is 0.444. The zero-order chi connectivity index (χ0) is 29.3. The molecule has 0 saturated carbocycles. The van der Waals surface area contributed by atoms with Gasteiger partial charge < -0.3 is 15.7 Å². The number of carboxylic acid groups (broad SMARTS) is 1. The standard InChI is InChI=1S/C25H31N5O2S.C2HF3O2/c1-3-13-26-24(31)17-27-25(32)23-16-28-33-30(23)20-11-14-29(15-12-20)18(2)21-10-6-8-19-7-4-5-9-22(19)21;3-2(4,5)1(6)7/h1,4-10,18,20,23,28H,11-17H2,2H3,(H,26,31)(H,27,32);(H,6,7). The number of nitrogens with one attached hydrogen (secondary N) is 3. The number of piperidine rings is 1. The number of likely N-dealkylation sites (tertiary alicyclic amines) is 1. The molecule has 2 aromatic carbocycles. The van der Waals surface area contributed by atoms with E-state index in [2.05, 4.69) is 79.9 Å². The first-order valence-electron chi connectivity index (χ1n) is 12.7. The molecule has 0 radical (unpaired) electrons. The number of benzene rings is 2. The highest BCUT2D eigenvalue weighted by Crippen LogP contribution is 2.33. The van der Waals surface area contributed by atoms with Crippen molar-refractivity contribution in [1.29, 1.82) is 0 Å². The van der Waals surface area contributed by atoms with Gasteiger partial charge in [-0.15, -0.1) is 6.42 Å². The predicted molar refractivity (Wildman–Crippen MR) is 147 cm³/mol. The van der Waals surface area contributed by atoms with Crippen molar-refractivity contribution >= 4 is 40.7 Å². The normalized spacial score (nSPS) is 19.2. The highest BCUT2D eigenvalue weighted by atomic mass is 32.2. The van der Waals surface area contributed by atoms with Crippen LogP contribution in [-0.4, -0.2) is 83.1 Å². The maximum atomic E-state index is 12.7. The van der Waals surface area contributed by atoms with Crippen LogP contribution in [0.4, 0.5) is 13.2 Å². The topological polar surface area (TPSA) is 114 Å². The van der Waals surface area contributed by atoms with Crippen LogP contribution in [0.15, 0.2) is 42.5 Å². The number of alkyl halides is 3. The summed E-state index contributed by atoms with van der Waals surface area (Å²) in [5.41, 5.74) is 1.36. The average Bonchev–Trinajstić information content (AvgIpc) is 3.44. The number of nitrogens with zero attached hydrogens (tertiary/aromatic N) is 2. The molecule has 216 valence electrons. The zero-order valence-corrected chi connectivity index (χ0v) is 22.7. The van der Waals surface area contributed by atoms with Crippen molar-refractivity contribution in [3.05, 3.63) is 48.0 Å². The van der Waals surface area contributed by atoms with E-state index in [1.54, 1.807) is 0 Å². The van der Waals surface area contributed by atoms with Gasteiger partial charge in [-0.3, -0.25) is 14.5 Å². The van der Waals surface area contributed by atoms with Gasteiger partial charge in [0.05, 0.1) is 13.1 Å². The first kappa shape index (κ1) is 31.2. The molecule has 2 amide bonds. The molecule has 0 aromatic heterocycles. The van der Waals surface area contributed by atoms with Crippen molar-refractivity contribution in [1.82, 2.24) is 24.6 Å². The average molecular weight is 580 g/mol. The number of hydrogen-bond donors (Lipinski definition) is 4. The molecule has 9 nitrogen and oxygen atoms in total. The SMILES string of the molecule is C#CCNC(=O)CNC(=O)C1CNSN1C1CCN(C(C)c2cccc3ccccc23)CC1.O=C(O)C(F)(F)F. The largest absolute Gasteiger partial charge is 0.490 e. The third kappa shape index (κ3) is 8.34. The number of carbonyl (C=O) groups is 3. The van der Waals surface area contributed by atoms with Crippen LogP contribution in [0.2, 0.25) is 0 Å². The Kier molecular flexibility index (Phi) is 11.2. The summed E-state index contributed by atoms with van der Waals surface area (Å²) in [4.78, 5) is 35.9. The number of halogens is 3. The molecule has 2 saturated heterocycles. The summed E-state index contributed by atoms with van der Waals surface area (Å²) < 4.78 is 37.2. The number of terminal acetylenes is 1. The Morgan fingerprint density at radius 2 is 1.80 bits per heavy atom. The van der Waals surface area contributed by atoms with Crippen LogP contribution in [0.25, 0.3) is 10.8 Å². The van der Waals surface area contributed by atoms with E-state index in [0.717, 1.165) is 25.9 Å². The smallest absolute Gasteiger partial charge is 0.475 e. The summed E-state index contributed by atoms with van der Waals surface area (Å²) in [6.07, 6.45) is 2.05. The minimum Gasteiger partial charge on any atom is -0.475 e. The molecule has 2 atom stereocenters. The number of amides is 2. The second-order valence-corrected chi connectivity index (χ2v) is 10.2.